The molecule has 2 aromatic carbocycles. The topological polar surface area (TPSA) is 187 Å². The fourth-order valence-electron chi connectivity index (χ4n) is 7.29. The van der Waals surface area contributed by atoms with Crippen molar-refractivity contribution in [2.45, 2.75) is 95.0 Å². The first-order valence-electron chi connectivity index (χ1n) is 18.8. The highest BCUT2D eigenvalue weighted by atomic mass is 19.4. The molecular formula is C38H44F3N11O5. The summed E-state index contributed by atoms with van der Waals surface area (Å²) >= 11 is 0. The van der Waals surface area contributed by atoms with Crippen LogP contribution in [0.2, 0.25) is 0 Å². The number of carbonyl (C=O) groups is 2. The van der Waals surface area contributed by atoms with Gasteiger partial charge in [-0.3, -0.25) is 0 Å². The molecule has 302 valence electrons. The average Bonchev–Trinajstić information content (AvgIpc) is 3.98. The zero-order chi connectivity index (χ0) is 40.5. The lowest BCUT2D eigenvalue weighted by Crippen LogP contribution is -2.40. The lowest BCUT2D eigenvalue weighted by Gasteiger charge is -2.24. The minimum atomic E-state index is -5.31. The molecule has 1 saturated carbocycles. The standard InChI is InChI=1S/C38H44F3N11O5/c1-5-28-47-49-52(48-28)27-18-26(30(53)31(27)56-34(54)38(39,40)41)51-21-43-29-32(42-19-25(22-12-8-6-9-13-22)23-14-10-7-11-15-23)45-35(46-33(29)51)50-17-16-24(20-50)44-36(55)57-37(2,3)4/h6-15,21,24-27,30-31,53H,5,16-20H2,1-4H3,(H,44,55)(H,42,45,46)/t24-,26-,27+,30+,31-/m1/s1. The molecule has 16 nitrogen and oxygen atoms in total. The van der Waals surface area contributed by atoms with E-state index in [-0.39, 0.29) is 24.0 Å². The molecule has 1 saturated heterocycles. The number of fused-ring (bicyclic) bond motifs is 1. The van der Waals surface area contributed by atoms with Gasteiger partial charge < -0.3 is 34.7 Å². The van der Waals surface area contributed by atoms with Crippen LogP contribution in [-0.4, -0.2) is 107 Å². The summed E-state index contributed by atoms with van der Waals surface area (Å²) in [5.41, 5.74) is 2.07. The number of nitrogens with zero attached hydrogens (tertiary/aromatic N) is 9. The molecule has 3 aromatic heterocycles. The van der Waals surface area contributed by atoms with Gasteiger partial charge in [0, 0.05) is 32.0 Å². The van der Waals surface area contributed by atoms with Gasteiger partial charge in [-0.2, -0.15) is 27.9 Å². The molecule has 1 aliphatic heterocycles. The van der Waals surface area contributed by atoms with Gasteiger partial charge in [-0.1, -0.05) is 67.6 Å². The third kappa shape index (κ3) is 8.77. The van der Waals surface area contributed by atoms with E-state index >= 15 is 0 Å². The minimum Gasteiger partial charge on any atom is -0.450 e. The molecule has 0 bridgehead atoms. The molecule has 1 amide bonds. The van der Waals surface area contributed by atoms with Gasteiger partial charge in [0.2, 0.25) is 5.95 Å². The van der Waals surface area contributed by atoms with Crippen LogP contribution in [0.15, 0.2) is 67.0 Å². The number of alkyl halides is 3. The Morgan fingerprint density at radius 1 is 1.00 bits per heavy atom. The van der Waals surface area contributed by atoms with Crippen LogP contribution >= 0.6 is 0 Å². The predicted molar refractivity (Wildman–Crippen MR) is 200 cm³/mol. The Kier molecular flexibility index (Phi) is 11.0. The number of hydrogen-bond donors (Lipinski definition) is 3. The van der Waals surface area contributed by atoms with Crippen LogP contribution < -0.4 is 15.5 Å². The summed E-state index contributed by atoms with van der Waals surface area (Å²) in [5, 5.41) is 30.3. The maximum Gasteiger partial charge on any atom is 0.490 e. The summed E-state index contributed by atoms with van der Waals surface area (Å²) in [7, 11) is 0. The van der Waals surface area contributed by atoms with Crippen LogP contribution in [0.4, 0.5) is 29.7 Å². The van der Waals surface area contributed by atoms with E-state index < -0.39 is 48.1 Å². The van der Waals surface area contributed by atoms with Crippen molar-refractivity contribution in [3.05, 3.63) is 83.9 Å². The summed E-state index contributed by atoms with van der Waals surface area (Å²) in [6, 6.07) is 17.6. The first-order chi connectivity index (χ1) is 27.2. The molecule has 4 heterocycles. The molecule has 1 aliphatic carbocycles. The van der Waals surface area contributed by atoms with Crippen molar-refractivity contribution < 1.29 is 37.3 Å². The smallest absolute Gasteiger partial charge is 0.450 e. The Balaban J connectivity index is 1.25. The highest BCUT2D eigenvalue weighted by molar-refractivity contribution is 5.85. The number of aliphatic hydroxyl groups is 1. The fraction of sp³-hybridized carbons (Fsp3) is 0.474. The number of carbonyl (C=O) groups excluding carboxylic acids is 2. The number of tetrazole rings is 1. The molecule has 5 atom stereocenters. The number of aryl methyl sites for hydroxylation is 1. The number of nitrogens with one attached hydrogen (secondary N) is 2. The average molecular weight is 792 g/mol. The summed E-state index contributed by atoms with van der Waals surface area (Å²) in [6.45, 7) is 8.37. The molecule has 3 N–H and O–H groups in total. The van der Waals surface area contributed by atoms with E-state index in [1.807, 2.05) is 65.6 Å². The van der Waals surface area contributed by atoms with Crippen molar-refractivity contribution >= 4 is 35.0 Å². The van der Waals surface area contributed by atoms with Crippen LogP contribution in [0.1, 0.15) is 75.5 Å². The van der Waals surface area contributed by atoms with E-state index in [0.29, 0.717) is 55.6 Å². The van der Waals surface area contributed by atoms with Gasteiger partial charge in [-0.05, 0) is 50.0 Å². The largest absolute Gasteiger partial charge is 0.490 e. The number of ether oxygens (including phenoxy) is 2. The van der Waals surface area contributed by atoms with Crippen molar-refractivity contribution in [1.29, 1.82) is 0 Å². The second kappa shape index (κ2) is 16.0. The van der Waals surface area contributed by atoms with E-state index in [2.05, 4.69) is 31.0 Å². The first kappa shape index (κ1) is 39.4. The van der Waals surface area contributed by atoms with E-state index in [4.69, 9.17) is 19.4 Å². The van der Waals surface area contributed by atoms with Gasteiger partial charge >= 0.3 is 18.2 Å². The number of imidazole rings is 1. The van der Waals surface area contributed by atoms with Crippen LogP contribution in [0.5, 0.6) is 0 Å². The SMILES string of the molecule is CCc1nnn([C@H]2C[C@@H](n3cnc4c(NCC(c5ccccc5)c5ccccc5)nc(N5CC[C@@H](NC(=O)OC(C)(C)C)C5)nc43)[C@H](O)[C@@H]2OC(=O)C(F)(F)F)n1. The molecule has 19 heteroatoms. The molecule has 0 unspecified atom stereocenters. The molecule has 0 radical (unpaired) electrons. The molecule has 57 heavy (non-hydrogen) atoms. The third-order valence-electron chi connectivity index (χ3n) is 9.99. The number of aliphatic hydroxyl groups excluding tert-OH is 1. The van der Waals surface area contributed by atoms with E-state index in [1.54, 1.807) is 32.3 Å². The normalized spacial score (nSPS) is 21.3. The summed E-state index contributed by atoms with van der Waals surface area (Å²) in [4.78, 5) is 42.2. The Morgan fingerprint density at radius 2 is 1.68 bits per heavy atom. The summed E-state index contributed by atoms with van der Waals surface area (Å²) < 4.78 is 52.3. The van der Waals surface area contributed by atoms with E-state index in [9.17, 15) is 27.9 Å². The monoisotopic (exact) mass is 791 g/mol. The number of halogens is 3. The van der Waals surface area contributed by atoms with Crippen molar-refractivity contribution in [3.8, 4) is 0 Å². The fourth-order valence-corrected chi connectivity index (χ4v) is 7.29. The quantitative estimate of drug-likeness (QED) is 0.156. The number of esters is 1. The molecular weight excluding hydrogens is 747 g/mol. The van der Waals surface area contributed by atoms with Crippen LogP contribution in [0.3, 0.4) is 0 Å². The summed E-state index contributed by atoms with van der Waals surface area (Å²) in [6.07, 6.45) is -6.84. The number of alkyl carbamates (subject to hydrolysis) is 1. The number of benzene rings is 2. The van der Waals surface area contributed by atoms with Gasteiger partial charge in [0.05, 0.1) is 18.4 Å². The van der Waals surface area contributed by atoms with Crippen molar-refractivity contribution in [2.75, 3.05) is 29.9 Å². The Morgan fingerprint density at radius 3 is 2.30 bits per heavy atom. The maximum absolute atomic E-state index is 13.5. The second-order valence-corrected chi connectivity index (χ2v) is 15.1. The highest BCUT2D eigenvalue weighted by Gasteiger charge is 2.52. The van der Waals surface area contributed by atoms with Crippen LogP contribution in [-0.2, 0) is 20.7 Å². The highest BCUT2D eigenvalue weighted by Crippen LogP contribution is 2.42. The van der Waals surface area contributed by atoms with Crippen molar-refractivity contribution in [2.24, 2.45) is 0 Å². The van der Waals surface area contributed by atoms with Gasteiger partial charge in [0.25, 0.3) is 0 Å². The maximum atomic E-state index is 13.5. The van der Waals surface area contributed by atoms with Crippen molar-refractivity contribution in [1.82, 2.24) is 45.0 Å². The van der Waals surface area contributed by atoms with Gasteiger partial charge in [-0.25, -0.2) is 14.6 Å². The Bertz CT molecular complexity index is 2140. The lowest BCUT2D eigenvalue weighted by molar-refractivity contribution is -0.210. The zero-order valence-corrected chi connectivity index (χ0v) is 31.8. The zero-order valence-electron chi connectivity index (χ0n) is 31.8. The third-order valence-corrected chi connectivity index (χ3v) is 9.99. The Labute approximate surface area is 325 Å². The second-order valence-electron chi connectivity index (χ2n) is 15.1. The molecule has 5 aromatic rings. The number of amides is 1. The molecule has 2 aliphatic rings. The number of hydrogen-bond acceptors (Lipinski definition) is 13. The number of rotatable bonds is 11. The van der Waals surface area contributed by atoms with Crippen LogP contribution in [0.25, 0.3) is 11.2 Å². The van der Waals surface area contributed by atoms with E-state index in [1.165, 1.54) is 6.33 Å². The number of aromatic nitrogens is 8. The number of anilines is 2. The first-order valence-corrected chi connectivity index (χ1v) is 18.8. The molecule has 2 fully saturated rings. The summed E-state index contributed by atoms with van der Waals surface area (Å²) in [5.74, 6) is -1.55. The van der Waals surface area contributed by atoms with E-state index in [0.717, 1.165) is 15.9 Å². The Hall–Kier alpha value is -5.85. The minimum absolute atomic E-state index is 0.0558. The van der Waals surface area contributed by atoms with Crippen molar-refractivity contribution in [3.63, 3.8) is 0 Å². The van der Waals surface area contributed by atoms with Crippen LogP contribution in [0, 0.1) is 0 Å². The van der Waals surface area contributed by atoms with Gasteiger partial charge in [-0.15, -0.1) is 10.2 Å². The molecule has 7 rings (SSSR count). The predicted octanol–water partition coefficient (Wildman–Crippen LogP) is 4.74. The molecule has 0 spiro atoms. The van der Waals surface area contributed by atoms with Gasteiger partial charge in [0.1, 0.15) is 17.7 Å². The van der Waals surface area contributed by atoms with Gasteiger partial charge in [0.15, 0.2) is 28.9 Å². The lowest BCUT2D eigenvalue weighted by atomic mass is 9.91.